The van der Waals surface area contributed by atoms with Gasteiger partial charge in [0.2, 0.25) is 0 Å². The highest BCUT2D eigenvalue weighted by molar-refractivity contribution is 9.10. The van der Waals surface area contributed by atoms with Crippen LogP contribution in [0.2, 0.25) is 0 Å². The summed E-state index contributed by atoms with van der Waals surface area (Å²) in [5.41, 5.74) is 7.06. The number of hydrogen-bond acceptors (Lipinski definition) is 2. The molecule has 0 aliphatic rings. The lowest BCUT2D eigenvalue weighted by atomic mass is 10.1. The van der Waals surface area contributed by atoms with Crippen LogP contribution in [0.1, 0.15) is 18.5 Å². The van der Waals surface area contributed by atoms with Crippen LogP contribution in [0.5, 0.6) is 0 Å². The molecule has 0 aliphatic heterocycles. The van der Waals surface area contributed by atoms with E-state index in [2.05, 4.69) is 76.6 Å². The molecule has 1 atom stereocenters. The number of hydrogen-bond donors (Lipinski definition) is 1. The van der Waals surface area contributed by atoms with Gasteiger partial charge < -0.3 is 5.73 Å². The number of benzene rings is 3. The summed E-state index contributed by atoms with van der Waals surface area (Å²) in [7, 11) is 0. The van der Waals surface area contributed by atoms with Crippen molar-refractivity contribution in [3.63, 3.8) is 0 Å². The molecule has 0 amide bonds. The second kappa shape index (κ2) is 6.22. The van der Waals surface area contributed by atoms with Gasteiger partial charge in [-0.1, -0.05) is 48.2 Å². The van der Waals surface area contributed by atoms with Gasteiger partial charge in [0.1, 0.15) is 0 Å². The second-order valence-corrected chi connectivity index (χ2v) is 7.06. The van der Waals surface area contributed by atoms with E-state index in [0.29, 0.717) is 0 Å². The Morgan fingerprint density at radius 1 is 0.952 bits per heavy atom. The van der Waals surface area contributed by atoms with E-state index in [1.165, 1.54) is 20.6 Å². The summed E-state index contributed by atoms with van der Waals surface area (Å²) in [5.74, 6) is 0. The van der Waals surface area contributed by atoms with E-state index in [9.17, 15) is 0 Å². The van der Waals surface area contributed by atoms with Crippen LogP contribution >= 0.6 is 27.7 Å². The molecule has 0 saturated carbocycles. The summed E-state index contributed by atoms with van der Waals surface area (Å²) < 4.78 is 1.09. The van der Waals surface area contributed by atoms with Gasteiger partial charge in [-0.05, 0) is 63.5 Å². The summed E-state index contributed by atoms with van der Waals surface area (Å²) in [6, 6.07) is 21.4. The van der Waals surface area contributed by atoms with Crippen molar-refractivity contribution in [1.82, 2.24) is 0 Å². The lowest BCUT2D eigenvalue weighted by molar-refractivity contribution is 0.815. The topological polar surface area (TPSA) is 26.0 Å². The van der Waals surface area contributed by atoms with Crippen LogP contribution in [-0.2, 0) is 0 Å². The third-order valence-corrected chi connectivity index (χ3v) is 5.41. The summed E-state index contributed by atoms with van der Waals surface area (Å²) in [6.07, 6.45) is 0. The highest BCUT2D eigenvalue weighted by atomic mass is 79.9. The SMILES string of the molecule is C[C@@H](N)c1ccc(Sc2ccc3ccccc3c2)c(Br)c1. The van der Waals surface area contributed by atoms with Gasteiger partial charge in [-0.15, -0.1) is 0 Å². The van der Waals surface area contributed by atoms with E-state index in [1.807, 2.05) is 6.92 Å². The zero-order valence-electron chi connectivity index (χ0n) is 11.7. The maximum atomic E-state index is 5.92. The summed E-state index contributed by atoms with van der Waals surface area (Å²) in [5, 5.41) is 2.54. The number of fused-ring (bicyclic) bond motifs is 1. The number of nitrogens with two attached hydrogens (primary N) is 1. The van der Waals surface area contributed by atoms with Gasteiger partial charge in [-0.3, -0.25) is 0 Å². The second-order valence-electron chi connectivity index (χ2n) is 5.09. The van der Waals surface area contributed by atoms with Crippen molar-refractivity contribution < 1.29 is 0 Å². The van der Waals surface area contributed by atoms with Crippen LogP contribution in [0.4, 0.5) is 0 Å². The van der Waals surface area contributed by atoms with E-state index in [1.54, 1.807) is 11.8 Å². The van der Waals surface area contributed by atoms with Crippen LogP contribution in [-0.4, -0.2) is 0 Å². The molecule has 0 aromatic heterocycles. The Morgan fingerprint density at radius 3 is 2.43 bits per heavy atom. The Kier molecular flexibility index (Phi) is 4.34. The Bertz CT molecular complexity index is 783. The van der Waals surface area contributed by atoms with Gasteiger partial charge >= 0.3 is 0 Å². The van der Waals surface area contributed by atoms with Crippen LogP contribution in [0.25, 0.3) is 10.8 Å². The van der Waals surface area contributed by atoms with Crippen molar-refractivity contribution in [1.29, 1.82) is 0 Å². The first-order valence-electron chi connectivity index (χ1n) is 6.85. The van der Waals surface area contributed by atoms with E-state index in [4.69, 9.17) is 5.73 Å². The van der Waals surface area contributed by atoms with Crippen LogP contribution in [0, 0.1) is 0 Å². The minimum atomic E-state index is 0.0565. The lowest BCUT2D eigenvalue weighted by Crippen LogP contribution is -2.04. The molecule has 0 unspecified atom stereocenters. The molecule has 0 radical (unpaired) electrons. The quantitative estimate of drug-likeness (QED) is 0.643. The zero-order valence-corrected chi connectivity index (χ0v) is 14.1. The summed E-state index contributed by atoms with van der Waals surface area (Å²) in [4.78, 5) is 2.44. The molecule has 0 bridgehead atoms. The fourth-order valence-electron chi connectivity index (χ4n) is 2.24. The van der Waals surface area contributed by atoms with Crippen molar-refractivity contribution >= 4 is 38.5 Å². The first kappa shape index (κ1) is 14.6. The van der Waals surface area contributed by atoms with Crippen LogP contribution < -0.4 is 5.73 Å². The standard InChI is InChI=1S/C18H16BrNS/c1-12(20)14-7-9-18(17(19)11-14)21-16-8-6-13-4-2-3-5-15(13)10-16/h2-12H,20H2,1H3/t12-/m1/s1. The molecule has 3 heteroatoms. The third kappa shape index (κ3) is 3.31. The molecular formula is C18H16BrNS. The molecule has 0 spiro atoms. The van der Waals surface area contributed by atoms with E-state index < -0.39 is 0 Å². The van der Waals surface area contributed by atoms with Crippen molar-refractivity contribution in [3.05, 3.63) is 70.7 Å². The predicted molar refractivity (Wildman–Crippen MR) is 94.8 cm³/mol. The molecule has 3 aromatic rings. The number of rotatable bonds is 3. The lowest BCUT2D eigenvalue weighted by Gasteiger charge is -2.10. The summed E-state index contributed by atoms with van der Waals surface area (Å²) in [6.45, 7) is 2.00. The monoisotopic (exact) mass is 357 g/mol. The van der Waals surface area contributed by atoms with E-state index in [0.717, 1.165) is 10.0 Å². The van der Waals surface area contributed by atoms with Crippen molar-refractivity contribution in [2.75, 3.05) is 0 Å². The normalized spacial score (nSPS) is 12.5. The molecular weight excluding hydrogens is 342 g/mol. The average molecular weight is 358 g/mol. The molecule has 0 fully saturated rings. The molecule has 1 nitrogen and oxygen atoms in total. The molecule has 3 rings (SSSR count). The van der Waals surface area contributed by atoms with Gasteiger partial charge in [-0.2, -0.15) is 0 Å². The fraction of sp³-hybridized carbons (Fsp3) is 0.111. The van der Waals surface area contributed by atoms with Gasteiger partial charge in [0.25, 0.3) is 0 Å². The third-order valence-electron chi connectivity index (χ3n) is 3.43. The van der Waals surface area contributed by atoms with Gasteiger partial charge in [0.05, 0.1) is 0 Å². The molecule has 2 N–H and O–H groups in total. The van der Waals surface area contributed by atoms with E-state index in [-0.39, 0.29) is 6.04 Å². The molecule has 0 heterocycles. The van der Waals surface area contributed by atoms with Crippen molar-refractivity contribution in [2.24, 2.45) is 5.73 Å². The highest BCUT2D eigenvalue weighted by Gasteiger charge is 2.06. The minimum absolute atomic E-state index is 0.0565. The number of halogens is 1. The Morgan fingerprint density at radius 2 is 1.71 bits per heavy atom. The van der Waals surface area contributed by atoms with Crippen molar-refractivity contribution in [3.8, 4) is 0 Å². The maximum Gasteiger partial charge on any atom is 0.0318 e. The Hall–Kier alpha value is -1.29. The van der Waals surface area contributed by atoms with Gasteiger partial charge in [0, 0.05) is 20.3 Å². The first-order chi connectivity index (χ1) is 10.1. The summed E-state index contributed by atoms with van der Waals surface area (Å²) >= 11 is 5.41. The average Bonchev–Trinajstić information content (AvgIpc) is 2.49. The Balaban J connectivity index is 1.91. The van der Waals surface area contributed by atoms with Crippen LogP contribution in [0.15, 0.2) is 74.9 Å². The molecule has 106 valence electrons. The molecule has 0 aliphatic carbocycles. The molecule has 3 aromatic carbocycles. The highest BCUT2D eigenvalue weighted by Crippen LogP contribution is 2.35. The van der Waals surface area contributed by atoms with Gasteiger partial charge in [0.15, 0.2) is 0 Å². The Labute approximate surface area is 137 Å². The first-order valence-corrected chi connectivity index (χ1v) is 8.46. The molecule has 21 heavy (non-hydrogen) atoms. The maximum absolute atomic E-state index is 5.92. The smallest absolute Gasteiger partial charge is 0.0318 e. The largest absolute Gasteiger partial charge is 0.324 e. The predicted octanol–water partition coefficient (Wildman–Crippen LogP) is 5.77. The minimum Gasteiger partial charge on any atom is -0.324 e. The fourth-order valence-corrected chi connectivity index (χ4v) is 3.75. The van der Waals surface area contributed by atoms with Crippen molar-refractivity contribution in [2.45, 2.75) is 22.8 Å². The van der Waals surface area contributed by atoms with E-state index >= 15 is 0 Å². The van der Waals surface area contributed by atoms with Gasteiger partial charge in [-0.25, -0.2) is 0 Å². The zero-order chi connectivity index (χ0) is 14.8. The molecule has 0 saturated heterocycles. The van der Waals surface area contributed by atoms with Crippen LogP contribution in [0.3, 0.4) is 0 Å².